The molecule has 1 atom stereocenters. The lowest BCUT2D eigenvalue weighted by Gasteiger charge is -2.29. The van der Waals surface area contributed by atoms with Crippen molar-refractivity contribution >= 4 is 39.6 Å². The molecule has 1 unspecified atom stereocenters. The SMILES string of the molecule is O=C(C1CC(=O)N(c2nccs2)C1)N1CCc2sccc2C1. The van der Waals surface area contributed by atoms with Crippen LogP contribution in [-0.4, -0.2) is 34.8 Å². The van der Waals surface area contributed by atoms with Gasteiger partial charge in [0, 0.05) is 42.5 Å². The van der Waals surface area contributed by atoms with Crippen LogP contribution in [0.15, 0.2) is 23.0 Å². The molecule has 4 rings (SSSR count). The number of hydrogen-bond acceptors (Lipinski definition) is 5. The molecule has 0 bridgehead atoms. The van der Waals surface area contributed by atoms with Crippen LogP contribution in [0.2, 0.25) is 0 Å². The first-order valence-electron chi connectivity index (χ1n) is 7.26. The van der Waals surface area contributed by atoms with Gasteiger partial charge in [0.2, 0.25) is 11.8 Å². The molecule has 22 heavy (non-hydrogen) atoms. The Hall–Kier alpha value is -1.73. The number of amides is 2. The number of thiophene rings is 1. The maximum absolute atomic E-state index is 12.7. The average Bonchev–Trinajstić information content (AvgIpc) is 3.25. The Morgan fingerprint density at radius 2 is 2.23 bits per heavy atom. The Morgan fingerprint density at radius 1 is 1.32 bits per heavy atom. The van der Waals surface area contributed by atoms with E-state index in [2.05, 4.69) is 16.4 Å². The van der Waals surface area contributed by atoms with Gasteiger partial charge >= 0.3 is 0 Å². The highest BCUT2D eigenvalue weighted by atomic mass is 32.1. The molecule has 0 aromatic carbocycles. The van der Waals surface area contributed by atoms with E-state index in [0.717, 1.165) is 13.0 Å². The summed E-state index contributed by atoms with van der Waals surface area (Å²) in [4.78, 5) is 34.0. The van der Waals surface area contributed by atoms with E-state index in [1.54, 1.807) is 22.4 Å². The number of thiazole rings is 1. The lowest BCUT2D eigenvalue weighted by molar-refractivity contribution is -0.136. The van der Waals surface area contributed by atoms with E-state index >= 15 is 0 Å². The lowest BCUT2D eigenvalue weighted by Crippen LogP contribution is -2.40. The summed E-state index contributed by atoms with van der Waals surface area (Å²) in [5.41, 5.74) is 1.26. The Morgan fingerprint density at radius 3 is 3.05 bits per heavy atom. The highest BCUT2D eigenvalue weighted by Crippen LogP contribution is 2.30. The summed E-state index contributed by atoms with van der Waals surface area (Å²) in [5.74, 6) is -0.137. The largest absolute Gasteiger partial charge is 0.338 e. The quantitative estimate of drug-likeness (QED) is 0.846. The first kappa shape index (κ1) is 13.9. The van der Waals surface area contributed by atoms with Gasteiger partial charge in [-0.25, -0.2) is 4.98 Å². The second kappa shape index (κ2) is 5.48. The molecule has 2 amide bonds. The molecule has 5 nitrogen and oxygen atoms in total. The number of aromatic nitrogens is 1. The molecule has 0 radical (unpaired) electrons. The molecule has 0 N–H and O–H groups in total. The normalized spacial score (nSPS) is 21.3. The van der Waals surface area contributed by atoms with Crippen LogP contribution in [0.25, 0.3) is 0 Å². The Labute approximate surface area is 136 Å². The van der Waals surface area contributed by atoms with Crippen molar-refractivity contribution in [2.24, 2.45) is 5.92 Å². The van der Waals surface area contributed by atoms with Crippen LogP contribution in [-0.2, 0) is 22.6 Å². The zero-order valence-corrected chi connectivity index (χ0v) is 13.5. The van der Waals surface area contributed by atoms with Crippen LogP contribution in [0.3, 0.4) is 0 Å². The van der Waals surface area contributed by atoms with Gasteiger partial charge in [-0.2, -0.15) is 0 Å². The fourth-order valence-electron chi connectivity index (χ4n) is 3.10. The predicted octanol–water partition coefficient (Wildman–Crippen LogP) is 2.14. The fraction of sp³-hybridized carbons (Fsp3) is 0.400. The summed E-state index contributed by atoms with van der Waals surface area (Å²) < 4.78 is 0. The van der Waals surface area contributed by atoms with Crippen LogP contribution in [0.4, 0.5) is 5.13 Å². The molecule has 2 aromatic rings. The van der Waals surface area contributed by atoms with E-state index in [1.165, 1.54) is 21.8 Å². The third kappa shape index (κ3) is 2.34. The summed E-state index contributed by atoms with van der Waals surface area (Å²) >= 11 is 3.20. The van der Waals surface area contributed by atoms with Crippen molar-refractivity contribution in [2.75, 3.05) is 18.0 Å². The topological polar surface area (TPSA) is 53.5 Å². The maximum atomic E-state index is 12.7. The molecule has 2 aliphatic rings. The molecule has 7 heteroatoms. The standard InChI is InChI=1S/C15H15N3O2S2/c19-13-7-11(9-18(13)15-16-3-6-22-15)14(20)17-4-1-12-10(8-17)2-5-21-12/h2-3,5-6,11H,1,4,7-9H2. The van der Waals surface area contributed by atoms with Gasteiger partial charge in [0.25, 0.3) is 0 Å². The van der Waals surface area contributed by atoms with Gasteiger partial charge in [-0.1, -0.05) is 0 Å². The van der Waals surface area contributed by atoms with E-state index in [4.69, 9.17) is 0 Å². The molecule has 4 heterocycles. The van der Waals surface area contributed by atoms with Crippen LogP contribution in [0.5, 0.6) is 0 Å². The van der Waals surface area contributed by atoms with Crippen LogP contribution in [0.1, 0.15) is 16.9 Å². The molecule has 114 valence electrons. The van der Waals surface area contributed by atoms with Crippen LogP contribution < -0.4 is 4.90 Å². The summed E-state index contributed by atoms with van der Waals surface area (Å²) in [6.07, 6.45) is 2.91. The van der Waals surface area contributed by atoms with E-state index < -0.39 is 0 Å². The van der Waals surface area contributed by atoms with E-state index in [1.807, 2.05) is 10.3 Å². The number of hydrogen-bond donors (Lipinski definition) is 0. The van der Waals surface area contributed by atoms with E-state index in [-0.39, 0.29) is 17.7 Å². The number of carbonyl (C=O) groups excluding carboxylic acids is 2. The number of carbonyl (C=O) groups is 2. The number of rotatable bonds is 2. The van der Waals surface area contributed by atoms with Gasteiger partial charge in [-0.15, -0.1) is 22.7 Å². The molecule has 1 saturated heterocycles. The smallest absolute Gasteiger partial charge is 0.229 e. The minimum atomic E-state index is -0.239. The van der Waals surface area contributed by atoms with Gasteiger partial charge in [-0.3, -0.25) is 14.5 Å². The van der Waals surface area contributed by atoms with Crippen molar-refractivity contribution in [2.45, 2.75) is 19.4 Å². The first-order chi connectivity index (χ1) is 10.7. The zero-order valence-electron chi connectivity index (χ0n) is 11.9. The molecule has 2 aliphatic heterocycles. The van der Waals surface area contributed by atoms with Crippen molar-refractivity contribution in [1.82, 2.24) is 9.88 Å². The molecule has 0 spiro atoms. The van der Waals surface area contributed by atoms with Crippen molar-refractivity contribution in [3.8, 4) is 0 Å². The van der Waals surface area contributed by atoms with Gasteiger partial charge in [0.15, 0.2) is 5.13 Å². The molecule has 0 aliphatic carbocycles. The van der Waals surface area contributed by atoms with Gasteiger partial charge in [-0.05, 0) is 23.4 Å². The fourth-order valence-corrected chi connectivity index (χ4v) is 4.66. The van der Waals surface area contributed by atoms with Crippen LogP contribution >= 0.6 is 22.7 Å². The van der Waals surface area contributed by atoms with Crippen molar-refractivity contribution in [3.63, 3.8) is 0 Å². The zero-order chi connectivity index (χ0) is 15.1. The summed E-state index contributed by atoms with van der Waals surface area (Å²) in [5, 5.41) is 4.63. The van der Waals surface area contributed by atoms with Gasteiger partial charge in [0.1, 0.15) is 0 Å². The van der Waals surface area contributed by atoms with E-state index in [9.17, 15) is 9.59 Å². The first-order valence-corrected chi connectivity index (χ1v) is 9.02. The second-order valence-electron chi connectivity index (χ2n) is 5.60. The second-order valence-corrected chi connectivity index (χ2v) is 7.47. The van der Waals surface area contributed by atoms with Crippen molar-refractivity contribution in [3.05, 3.63) is 33.5 Å². The maximum Gasteiger partial charge on any atom is 0.229 e. The summed E-state index contributed by atoms with van der Waals surface area (Å²) in [6.45, 7) is 1.89. The summed E-state index contributed by atoms with van der Waals surface area (Å²) in [7, 11) is 0. The molecule has 1 fully saturated rings. The molecule has 2 aromatic heterocycles. The van der Waals surface area contributed by atoms with Gasteiger partial charge < -0.3 is 4.90 Å². The number of anilines is 1. The average molecular weight is 333 g/mol. The lowest BCUT2D eigenvalue weighted by atomic mass is 10.0. The third-order valence-electron chi connectivity index (χ3n) is 4.24. The van der Waals surface area contributed by atoms with Crippen molar-refractivity contribution in [1.29, 1.82) is 0 Å². The monoisotopic (exact) mass is 333 g/mol. The minimum absolute atomic E-state index is 0.00142. The Balaban J connectivity index is 1.47. The Kier molecular flexibility index (Phi) is 3.46. The Bertz CT molecular complexity index is 710. The highest BCUT2D eigenvalue weighted by Gasteiger charge is 2.38. The van der Waals surface area contributed by atoms with E-state index in [0.29, 0.717) is 24.6 Å². The van der Waals surface area contributed by atoms with Gasteiger partial charge in [0.05, 0.1) is 5.92 Å². The third-order valence-corrected chi connectivity index (χ3v) is 6.06. The molecule has 0 saturated carbocycles. The molecular formula is C15H15N3O2S2. The highest BCUT2D eigenvalue weighted by molar-refractivity contribution is 7.13. The predicted molar refractivity (Wildman–Crippen MR) is 86.0 cm³/mol. The van der Waals surface area contributed by atoms with Crippen LogP contribution in [0, 0.1) is 5.92 Å². The number of nitrogens with zero attached hydrogens (tertiary/aromatic N) is 3. The summed E-state index contributed by atoms with van der Waals surface area (Å²) in [6, 6.07) is 2.10. The minimum Gasteiger partial charge on any atom is -0.338 e. The molecular weight excluding hydrogens is 318 g/mol. The van der Waals surface area contributed by atoms with Crippen molar-refractivity contribution < 1.29 is 9.59 Å². The number of fused-ring (bicyclic) bond motifs is 1.